The SMILES string of the molecule is C=CCN1CC[C@]23c4c5ccc(OC(C)C(OC)c6ccccc6)c4OC2C(=O)CC[C@H]3[C@H]1C5. The van der Waals surface area contributed by atoms with E-state index in [0.29, 0.717) is 18.4 Å². The van der Waals surface area contributed by atoms with Crippen LogP contribution < -0.4 is 9.47 Å². The minimum Gasteiger partial charge on any atom is -0.484 e. The van der Waals surface area contributed by atoms with Crippen molar-refractivity contribution in [2.75, 3.05) is 20.2 Å². The minimum absolute atomic E-state index is 0.202. The number of likely N-dealkylation sites (tertiary alicyclic amines) is 1. The van der Waals surface area contributed by atoms with Crippen LogP contribution in [0.5, 0.6) is 11.5 Å². The van der Waals surface area contributed by atoms with Crippen LogP contribution in [-0.4, -0.2) is 49.1 Å². The number of nitrogens with zero attached hydrogens (tertiary/aromatic N) is 1. The zero-order valence-electron chi connectivity index (χ0n) is 20.0. The Morgan fingerprint density at radius 3 is 2.85 bits per heavy atom. The van der Waals surface area contributed by atoms with Crippen molar-refractivity contribution in [3.63, 3.8) is 0 Å². The predicted octanol–water partition coefficient (Wildman–Crippen LogP) is 4.64. The standard InChI is InChI=1S/C29H33NO4/c1-4-15-30-16-14-29-21-11-12-23(31)28(29)34-27-24(13-10-20(25(27)29)17-22(21)30)33-18(2)26(32-3)19-8-6-5-7-9-19/h4-10,13,18,21-22,26,28H,1,11-12,14-17H2,2-3H3/t18?,21-,22+,26?,28?,29-/m0/s1. The highest BCUT2D eigenvalue weighted by Crippen LogP contribution is 2.63. The van der Waals surface area contributed by atoms with Crippen molar-refractivity contribution >= 4 is 5.78 Å². The van der Waals surface area contributed by atoms with Gasteiger partial charge in [0.25, 0.3) is 0 Å². The molecule has 1 saturated heterocycles. The number of hydrogen-bond acceptors (Lipinski definition) is 5. The Kier molecular flexibility index (Phi) is 5.30. The highest BCUT2D eigenvalue weighted by atomic mass is 16.6. The predicted molar refractivity (Wildman–Crippen MR) is 130 cm³/mol. The first-order valence-electron chi connectivity index (χ1n) is 12.5. The van der Waals surface area contributed by atoms with E-state index in [-0.39, 0.29) is 29.5 Å². The molecular weight excluding hydrogens is 426 g/mol. The molecule has 1 spiro atoms. The van der Waals surface area contributed by atoms with Crippen LogP contribution in [0.4, 0.5) is 0 Å². The van der Waals surface area contributed by atoms with Gasteiger partial charge in [0.05, 0.1) is 0 Å². The zero-order valence-corrected chi connectivity index (χ0v) is 20.0. The molecule has 2 aromatic carbocycles. The van der Waals surface area contributed by atoms with Crippen molar-refractivity contribution < 1.29 is 19.0 Å². The summed E-state index contributed by atoms with van der Waals surface area (Å²) in [7, 11) is 1.72. The van der Waals surface area contributed by atoms with Crippen molar-refractivity contribution in [3.05, 3.63) is 71.8 Å². The first-order chi connectivity index (χ1) is 16.6. The number of carbonyl (C=O) groups is 1. The molecule has 2 bridgehead atoms. The van der Waals surface area contributed by atoms with Gasteiger partial charge in [-0.05, 0) is 55.8 Å². The number of ketones is 1. The number of carbonyl (C=O) groups excluding carboxylic acids is 1. The van der Waals surface area contributed by atoms with E-state index in [9.17, 15) is 4.79 Å². The first-order valence-corrected chi connectivity index (χ1v) is 12.5. The smallest absolute Gasteiger partial charge is 0.174 e. The van der Waals surface area contributed by atoms with Crippen molar-refractivity contribution in [1.29, 1.82) is 0 Å². The summed E-state index contributed by atoms with van der Waals surface area (Å²) >= 11 is 0. The number of ether oxygens (including phenoxy) is 3. The third kappa shape index (κ3) is 3.03. The van der Waals surface area contributed by atoms with Crippen LogP contribution in [0.3, 0.4) is 0 Å². The summed E-state index contributed by atoms with van der Waals surface area (Å²) in [5, 5.41) is 0. The van der Waals surface area contributed by atoms with E-state index in [1.807, 2.05) is 37.3 Å². The Morgan fingerprint density at radius 2 is 2.09 bits per heavy atom. The molecule has 0 aromatic heterocycles. The van der Waals surface area contributed by atoms with Crippen molar-refractivity contribution in [3.8, 4) is 11.5 Å². The van der Waals surface area contributed by atoms with Gasteiger partial charge >= 0.3 is 0 Å². The lowest BCUT2D eigenvalue weighted by Gasteiger charge is -2.57. The van der Waals surface area contributed by atoms with Gasteiger partial charge in [-0.15, -0.1) is 6.58 Å². The second kappa shape index (κ2) is 8.24. The first kappa shape index (κ1) is 21.9. The zero-order chi connectivity index (χ0) is 23.4. The van der Waals surface area contributed by atoms with Gasteiger partial charge in [0, 0.05) is 37.1 Å². The molecule has 0 amide bonds. The average Bonchev–Trinajstić information content (AvgIpc) is 3.20. The van der Waals surface area contributed by atoms with Crippen molar-refractivity contribution in [1.82, 2.24) is 4.90 Å². The van der Waals surface area contributed by atoms with Crippen LogP contribution in [0.25, 0.3) is 0 Å². The van der Waals surface area contributed by atoms with Crippen LogP contribution in [0, 0.1) is 5.92 Å². The van der Waals surface area contributed by atoms with E-state index >= 15 is 0 Å². The molecule has 2 aromatic rings. The van der Waals surface area contributed by atoms with E-state index in [4.69, 9.17) is 14.2 Å². The fourth-order valence-corrected chi connectivity index (χ4v) is 7.39. The molecule has 3 unspecified atom stereocenters. The van der Waals surface area contributed by atoms with Gasteiger partial charge in [0.15, 0.2) is 23.4 Å². The van der Waals surface area contributed by atoms with E-state index < -0.39 is 0 Å². The summed E-state index contributed by atoms with van der Waals surface area (Å²) in [5.41, 5.74) is 3.42. The van der Waals surface area contributed by atoms with E-state index in [1.165, 1.54) is 11.1 Å². The molecule has 34 heavy (non-hydrogen) atoms. The van der Waals surface area contributed by atoms with Crippen LogP contribution in [0.15, 0.2) is 55.1 Å². The van der Waals surface area contributed by atoms with Gasteiger partial charge in [0.1, 0.15) is 12.2 Å². The second-order valence-corrected chi connectivity index (χ2v) is 10.3. The average molecular weight is 460 g/mol. The minimum atomic E-state index is -0.388. The largest absolute Gasteiger partial charge is 0.484 e. The fraction of sp³-hybridized carbons (Fsp3) is 0.483. The number of piperidine rings is 1. The van der Waals surface area contributed by atoms with Crippen LogP contribution in [-0.2, 0) is 21.4 Å². The molecule has 6 atom stereocenters. The Labute approximate surface area is 201 Å². The van der Waals surface area contributed by atoms with Crippen molar-refractivity contribution in [2.24, 2.45) is 5.92 Å². The third-order valence-corrected chi connectivity index (χ3v) is 8.69. The Balaban J connectivity index is 1.39. The van der Waals surface area contributed by atoms with Gasteiger partial charge in [0.2, 0.25) is 0 Å². The van der Waals surface area contributed by atoms with E-state index in [1.54, 1.807) is 7.11 Å². The van der Waals surface area contributed by atoms with Crippen molar-refractivity contribution in [2.45, 2.75) is 62.4 Å². The number of hydrogen-bond donors (Lipinski definition) is 0. The topological polar surface area (TPSA) is 48.0 Å². The maximum absolute atomic E-state index is 13.2. The summed E-state index contributed by atoms with van der Waals surface area (Å²) in [5.74, 6) is 2.20. The number of Topliss-reactive ketones (excluding diaryl/α,β-unsaturated/α-hetero) is 1. The molecule has 5 nitrogen and oxygen atoms in total. The molecule has 6 rings (SSSR count). The van der Waals surface area contributed by atoms with Gasteiger partial charge in [-0.25, -0.2) is 0 Å². The van der Waals surface area contributed by atoms with Crippen LogP contribution in [0.2, 0.25) is 0 Å². The Hall–Kier alpha value is -2.63. The third-order valence-electron chi connectivity index (χ3n) is 8.69. The molecule has 2 aliphatic heterocycles. The summed E-state index contributed by atoms with van der Waals surface area (Å²) < 4.78 is 18.9. The molecule has 2 fully saturated rings. The lowest BCUT2D eigenvalue weighted by Crippen LogP contribution is -2.66. The molecule has 5 heteroatoms. The summed E-state index contributed by atoms with van der Waals surface area (Å²) in [4.78, 5) is 15.7. The van der Waals surface area contributed by atoms with Crippen LogP contribution >= 0.6 is 0 Å². The molecule has 178 valence electrons. The molecule has 0 N–H and O–H groups in total. The molecule has 4 aliphatic rings. The van der Waals surface area contributed by atoms with Gasteiger partial charge < -0.3 is 14.2 Å². The normalized spacial score (nSPS) is 30.8. The van der Waals surface area contributed by atoms with Crippen LogP contribution in [0.1, 0.15) is 49.0 Å². The number of benzene rings is 2. The fourth-order valence-electron chi connectivity index (χ4n) is 7.39. The van der Waals surface area contributed by atoms with Gasteiger partial charge in [-0.3, -0.25) is 9.69 Å². The molecule has 2 aliphatic carbocycles. The molecule has 0 radical (unpaired) electrons. The maximum Gasteiger partial charge on any atom is 0.174 e. The Morgan fingerprint density at radius 1 is 1.26 bits per heavy atom. The molecule has 2 heterocycles. The highest BCUT2D eigenvalue weighted by molar-refractivity contribution is 5.89. The lowest BCUT2D eigenvalue weighted by atomic mass is 9.51. The van der Waals surface area contributed by atoms with Gasteiger partial charge in [-0.2, -0.15) is 0 Å². The Bertz CT molecular complexity index is 1110. The van der Waals surface area contributed by atoms with E-state index in [0.717, 1.165) is 49.4 Å². The summed E-state index contributed by atoms with van der Waals surface area (Å²) in [6, 6.07) is 14.8. The lowest BCUT2D eigenvalue weighted by molar-refractivity contribution is -0.138. The summed E-state index contributed by atoms with van der Waals surface area (Å²) in [6.07, 6.45) is 4.68. The number of methoxy groups -OCH3 is 1. The molecular formula is C29H33NO4. The van der Waals surface area contributed by atoms with E-state index in [2.05, 4.69) is 29.7 Å². The second-order valence-electron chi connectivity index (χ2n) is 10.3. The maximum atomic E-state index is 13.2. The number of rotatable bonds is 7. The van der Waals surface area contributed by atoms with Gasteiger partial charge in [-0.1, -0.05) is 42.5 Å². The molecule has 1 saturated carbocycles. The quantitative estimate of drug-likeness (QED) is 0.565. The summed E-state index contributed by atoms with van der Waals surface area (Å²) in [6.45, 7) is 7.88. The highest BCUT2D eigenvalue weighted by Gasteiger charge is 2.65. The monoisotopic (exact) mass is 459 g/mol.